The summed E-state index contributed by atoms with van der Waals surface area (Å²) in [7, 11) is 0. The molecule has 0 aliphatic heterocycles. The molecular weight excluding hydrogens is 300 g/mol. The van der Waals surface area contributed by atoms with Crippen LogP contribution < -0.4 is 16.4 Å². The fourth-order valence-electron chi connectivity index (χ4n) is 1.63. The van der Waals surface area contributed by atoms with Crippen molar-refractivity contribution in [2.24, 2.45) is 11.7 Å². The monoisotopic (exact) mass is 320 g/mol. The summed E-state index contributed by atoms with van der Waals surface area (Å²) in [6, 6.07) is 6.45. The highest BCUT2D eigenvalue weighted by atomic mass is 16.4. The van der Waals surface area contributed by atoms with Crippen LogP contribution in [0.1, 0.15) is 25.3 Å². The summed E-state index contributed by atoms with van der Waals surface area (Å²) in [5, 5.41) is 21.0. The summed E-state index contributed by atoms with van der Waals surface area (Å²) in [6.07, 6.45) is -0.0363. The van der Waals surface area contributed by atoms with Gasteiger partial charge in [-0.25, -0.2) is 0 Å². The Morgan fingerprint density at radius 1 is 1.17 bits per heavy atom. The summed E-state index contributed by atoms with van der Waals surface area (Å²) in [4.78, 5) is 33.9. The van der Waals surface area contributed by atoms with Gasteiger partial charge in [0, 0.05) is 30.6 Å². The van der Waals surface area contributed by atoms with Crippen LogP contribution in [0.4, 0.5) is 5.69 Å². The number of carbonyl (C=O) groups excluding carboxylic acids is 2. The van der Waals surface area contributed by atoms with E-state index in [9.17, 15) is 14.4 Å². The third kappa shape index (κ3) is 6.60. The van der Waals surface area contributed by atoms with Crippen molar-refractivity contribution in [3.8, 4) is 0 Å². The van der Waals surface area contributed by atoms with E-state index >= 15 is 0 Å². The maximum absolute atomic E-state index is 11.7. The first-order chi connectivity index (χ1) is 10.8. The van der Waals surface area contributed by atoms with Crippen molar-refractivity contribution in [3.05, 3.63) is 29.8 Å². The van der Waals surface area contributed by atoms with Gasteiger partial charge in [0.1, 0.15) is 5.84 Å². The predicted octanol–water partition coefficient (Wildman–Crippen LogP) is 0.526. The third-order valence-electron chi connectivity index (χ3n) is 3.09. The average molecular weight is 320 g/mol. The molecule has 2 amide bonds. The number of benzene rings is 1. The molecule has 0 aliphatic rings. The Morgan fingerprint density at radius 2 is 1.74 bits per heavy atom. The zero-order chi connectivity index (χ0) is 17.4. The van der Waals surface area contributed by atoms with Crippen LogP contribution in [0.2, 0.25) is 0 Å². The Kier molecular flexibility index (Phi) is 6.72. The second-order valence-electron chi connectivity index (χ2n) is 5.08. The number of nitrogens with one attached hydrogen (secondary N) is 3. The van der Waals surface area contributed by atoms with E-state index in [1.165, 1.54) is 6.92 Å². The Bertz CT molecular complexity index is 598. The van der Waals surface area contributed by atoms with Gasteiger partial charge < -0.3 is 21.5 Å². The lowest BCUT2D eigenvalue weighted by molar-refractivity contribution is -0.141. The molecular formula is C15H20N4O4. The van der Waals surface area contributed by atoms with E-state index in [1.54, 1.807) is 24.3 Å². The molecule has 1 aromatic rings. The highest BCUT2D eigenvalue weighted by Crippen LogP contribution is 2.09. The minimum atomic E-state index is -0.989. The largest absolute Gasteiger partial charge is 0.481 e. The van der Waals surface area contributed by atoms with E-state index in [1.807, 2.05) is 0 Å². The molecule has 0 radical (unpaired) electrons. The maximum atomic E-state index is 11.7. The van der Waals surface area contributed by atoms with Crippen molar-refractivity contribution >= 4 is 29.3 Å². The van der Waals surface area contributed by atoms with Gasteiger partial charge in [-0.2, -0.15) is 0 Å². The lowest BCUT2D eigenvalue weighted by Crippen LogP contribution is -2.31. The van der Waals surface area contributed by atoms with Crippen LogP contribution in [0.25, 0.3) is 0 Å². The van der Waals surface area contributed by atoms with Gasteiger partial charge in [0.05, 0.1) is 5.92 Å². The second-order valence-corrected chi connectivity index (χ2v) is 5.08. The van der Waals surface area contributed by atoms with Gasteiger partial charge >= 0.3 is 5.97 Å². The van der Waals surface area contributed by atoms with Gasteiger partial charge in [0.15, 0.2) is 0 Å². The lowest BCUT2D eigenvalue weighted by atomic mass is 10.2. The molecule has 0 aliphatic carbocycles. The molecule has 1 atom stereocenters. The molecule has 8 heteroatoms. The first-order valence-corrected chi connectivity index (χ1v) is 7.03. The quantitative estimate of drug-likeness (QED) is 0.350. The van der Waals surface area contributed by atoms with E-state index < -0.39 is 11.9 Å². The molecule has 0 heterocycles. The number of nitrogen functional groups attached to an aromatic ring is 1. The highest BCUT2D eigenvalue weighted by molar-refractivity contribution is 5.96. The second kappa shape index (κ2) is 8.52. The van der Waals surface area contributed by atoms with Gasteiger partial charge in [0.2, 0.25) is 11.8 Å². The molecule has 124 valence electrons. The Balaban J connectivity index is 2.35. The molecule has 8 nitrogen and oxygen atoms in total. The Labute approximate surface area is 133 Å². The molecule has 1 aromatic carbocycles. The number of amides is 2. The summed E-state index contributed by atoms with van der Waals surface area (Å²) in [6.45, 7) is 1.52. The fraction of sp³-hybridized carbons (Fsp3) is 0.333. The zero-order valence-corrected chi connectivity index (χ0v) is 12.8. The smallest absolute Gasteiger partial charge is 0.308 e. The normalized spacial score (nSPS) is 11.3. The Morgan fingerprint density at radius 3 is 2.26 bits per heavy atom. The number of rotatable bonds is 8. The number of carbonyl (C=O) groups is 3. The van der Waals surface area contributed by atoms with Crippen LogP contribution in [0.3, 0.4) is 0 Å². The predicted molar refractivity (Wildman–Crippen MR) is 85.1 cm³/mol. The summed E-state index contributed by atoms with van der Waals surface area (Å²) in [5.41, 5.74) is 6.42. The van der Waals surface area contributed by atoms with Crippen LogP contribution >= 0.6 is 0 Å². The van der Waals surface area contributed by atoms with E-state index in [2.05, 4.69) is 10.6 Å². The van der Waals surface area contributed by atoms with Crippen LogP contribution in [0, 0.1) is 11.3 Å². The molecule has 6 N–H and O–H groups in total. The summed E-state index contributed by atoms with van der Waals surface area (Å²) >= 11 is 0. The van der Waals surface area contributed by atoms with Gasteiger partial charge in [-0.15, -0.1) is 0 Å². The minimum Gasteiger partial charge on any atom is -0.481 e. The standard InChI is InChI=1S/C15H20N4O4/c1-9(15(22)23)8-18-12(20)6-7-13(21)19-11-4-2-10(3-5-11)14(16)17/h2-5,9H,6-8H2,1H3,(H3,16,17)(H,18,20)(H,19,21)(H,22,23). The number of carboxylic acids is 1. The van der Waals surface area contributed by atoms with Crippen LogP contribution in [-0.4, -0.2) is 35.3 Å². The lowest BCUT2D eigenvalue weighted by Gasteiger charge is -2.09. The van der Waals surface area contributed by atoms with Crippen LogP contribution in [0.15, 0.2) is 24.3 Å². The molecule has 0 saturated heterocycles. The molecule has 0 spiro atoms. The van der Waals surface area contributed by atoms with Gasteiger partial charge in [-0.05, 0) is 24.3 Å². The number of amidine groups is 1. The van der Waals surface area contributed by atoms with E-state index in [0.29, 0.717) is 11.3 Å². The number of carboxylic acid groups (broad SMARTS) is 1. The molecule has 0 aromatic heterocycles. The van der Waals surface area contributed by atoms with Crippen LogP contribution in [0.5, 0.6) is 0 Å². The minimum absolute atomic E-state index is 0.0122. The van der Waals surface area contributed by atoms with Gasteiger partial charge in [-0.1, -0.05) is 6.92 Å². The van der Waals surface area contributed by atoms with Crippen LogP contribution in [-0.2, 0) is 14.4 Å². The van der Waals surface area contributed by atoms with Crippen molar-refractivity contribution in [1.82, 2.24) is 5.32 Å². The van der Waals surface area contributed by atoms with Gasteiger partial charge in [0.25, 0.3) is 0 Å². The molecule has 0 fully saturated rings. The zero-order valence-electron chi connectivity index (χ0n) is 12.8. The first-order valence-electron chi connectivity index (χ1n) is 7.03. The molecule has 1 rings (SSSR count). The van der Waals surface area contributed by atoms with Crippen molar-refractivity contribution < 1.29 is 19.5 Å². The fourth-order valence-corrected chi connectivity index (χ4v) is 1.63. The molecule has 23 heavy (non-hydrogen) atoms. The first kappa shape index (κ1) is 18.1. The molecule has 0 bridgehead atoms. The highest BCUT2D eigenvalue weighted by Gasteiger charge is 2.13. The number of hydrogen-bond donors (Lipinski definition) is 5. The van der Waals surface area contributed by atoms with Crippen molar-refractivity contribution in [3.63, 3.8) is 0 Å². The topological polar surface area (TPSA) is 145 Å². The van der Waals surface area contributed by atoms with E-state index in [4.69, 9.17) is 16.2 Å². The van der Waals surface area contributed by atoms with Crippen molar-refractivity contribution in [2.75, 3.05) is 11.9 Å². The summed E-state index contributed by atoms with van der Waals surface area (Å²) < 4.78 is 0. The Hall–Kier alpha value is -2.90. The number of nitrogens with two attached hydrogens (primary N) is 1. The van der Waals surface area contributed by atoms with E-state index in [0.717, 1.165) is 0 Å². The average Bonchev–Trinajstić information content (AvgIpc) is 2.50. The number of aliphatic carboxylic acids is 1. The number of anilines is 1. The van der Waals surface area contributed by atoms with Crippen molar-refractivity contribution in [2.45, 2.75) is 19.8 Å². The maximum Gasteiger partial charge on any atom is 0.308 e. The third-order valence-corrected chi connectivity index (χ3v) is 3.09. The van der Waals surface area contributed by atoms with Crippen molar-refractivity contribution in [1.29, 1.82) is 5.41 Å². The molecule has 0 saturated carbocycles. The van der Waals surface area contributed by atoms with Gasteiger partial charge in [-0.3, -0.25) is 19.8 Å². The summed E-state index contributed by atoms with van der Waals surface area (Å²) in [5.74, 6) is -2.43. The van der Waals surface area contributed by atoms with E-state index in [-0.39, 0.29) is 37.0 Å². The SMILES string of the molecule is CC(CNC(=O)CCC(=O)Nc1ccc(C(=N)N)cc1)C(=O)O. The molecule has 1 unspecified atom stereocenters. The number of hydrogen-bond acceptors (Lipinski definition) is 4.